The van der Waals surface area contributed by atoms with Crippen LogP contribution in [0.4, 0.5) is 15.8 Å². The lowest BCUT2D eigenvalue weighted by molar-refractivity contribution is 0.615. The molecule has 2 rings (SSSR count). The highest BCUT2D eigenvalue weighted by Crippen LogP contribution is 2.31. The van der Waals surface area contributed by atoms with E-state index in [1.165, 1.54) is 6.07 Å². The Hall–Kier alpha value is -0.960. The van der Waals surface area contributed by atoms with Crippen LogP contribution >= 0.6 is 11.6 Å². The van der Waals surface area contributed by atoms with Crippen LogP contribution in [0.3, 0.4) is 0 Å². The number of fused-ring (bicyclic) bond motifs is 1. The van der Waals surface area contributed by atoms with Gasteiger partial charge in [-0.05, 0) is 18.9 Å². The van der Waals surface area contributed by atoms with E-state index in [0.29, 0.717) is 6.04 Å². The van der Waals surface area contributed by atoms with Gasteiger partial charge in [0, 0.05) is 18.7 Å². The van der Waals surface area contributed by atoms with Gasteiger partial charge in [0.2, 0.25) is 0 Å². The van der Waals surface area contributed by atoms with Crippen molar-refractivity contribution in [3.8, 4) is 0 Å². The fourth-order valence-electron chi connectivity index (χ4n) is 2.05. The molecule has 1 aromatic carbocycles. The van der Waals surface area contributed by atoms with Crippen molar-refractivity contribution in [1.82, 2.24) is 0 Å². The summed E-state index contributed by atoms with van der Waals surface area (Å²) in [7, 11) is 0. The van der Waals surface area contributed by atoms with E-state index in [9.17, 15) is 4.39 Å². The van der Waals surface area contributed by atoms with Crippen molar-refractivity contribution in [1.29, 1.82) is 0 Å². The highest BCUT2D eigenvalue weighted by molar-refractivity contribution is 6.31. The lowest BCUT2D eigenvalue weighted by atomic mass is 10.1. The number of anilines is 2. The van der Waals surface area contributed by atoms with Crippen molar-refractivity contribution in [2.24, 2.45) is 0 Å². The van der Waals surface area contributed by atoms with Crippen LogP contribution < -0.4 is 10.6 Å². The smallest absolute Gasteiger partial charge is 0.143 e. The first kappa shape index (κ1) is 11.5. The Kier molecular flexibility index (Phi) is 3.54. The average molecular weight is 243 g/mol. The first-order chi connectivity index (χ1) is 7.70. The van der Waals surface area contributed by atoms with Crippen LogP contribution in [0.1, 0.15) is 26.2 Å². The fraction of sp³-hybridized carbons (Fsp3) is 0.500. The normalized spacial score (nSPS) is 19.3. The van der Waals surface area contributed by atoms with Gasteiger partial charge in [-0.2, -0.15) is 0 Å². The minimum atomic E-state index is -0.372. The van der Waals surface area contributed by atoms with E-state index in [4.69, 9.17) is 11.6 Å². The lowest BCUT2D eigenvalue weighted by Crippen LogP contribution is -2.19. The Labute approximate surface area is 100 Å². The molecular weight excluding hydrogens is 227 g/mol. The molecule has 0 spiro atoms. The molecule has 4 heteroatoms. The van der Waals surface area contributed by atoms with Crippen LogP contribution in [0.2, 0.25) is 5.02 Å². The van der Waals surface area contributed by atoms with Gasteiger partial charge in [0.25, 0.3) is 0 Å². The zero-order chi connectivity index (χ0) is 11.5. The van der Waals surface area contributed by atoms with E-state index in [1.54, 1.807) is 6.07 Å². The highest BCUT2D eigenvalue weighted by atomic mass is 35.5. The molecule has 0 aliphatic carbocycles. The maximum Gasteiger partial charge on any atom is 0.143 e. The largest absolute Gasteiger partial charge is 0.383 e. The minimum Gasteiger partial charge on any atom is -0.383 e. The third kappa shape index (κ3) is 2.40. The molecule has 1 atom stereocenters. The molecule has 0 amide bonds. The van der Waals surface area contributed by atoms with Crippen LogP contribution in [0.25, 0.3) is 0 Å². The molecule has 2 N–H and O–H groups in total. The van der Waals surface area contributed by atoms with E-state index in [2.05, 4.69) is 17.6 Å². The first-order valence-electron chi connectivity index (χ1n) is 5.70. The number of hydrogen-bond acceptors (Lipinski definition) is 2. The summed E-state index contributed by atoms with van der Waals surface area (Å²) in [5.74, 6) is -0.372. The molecule has 1 aliphatic heterocycles. The molecule has 0 fully saturated rings. The van der Waals surface area contributed by atoms with Crippen LogP contribution in [0.5, 0.6) is 0 Å². The van der Waals surface area contributed by atoms with E-state index in [0.717, 1.165) is 37.2 Å². The van der Waals surface area contributed by atoms with E-state index in [-0.39, 0.29) is 10.8 Å². The molecule has 0 saturated carbocycles. The van der Waals surface area contributed by atoms with Gasteiger partial charge in [0.05, 0.1) is 16.4 Å². The number of nitrogens with one attached hydrogen (secondary N) is 2. The Morgan fingerprint density at radius 1 is 1.44 bits per heavy atom. The zero-order valence-electron chi connectivity index (χ0n) is 9.32. The number of halogens is 2. The Bertz CT molecular complexity index is 382. The maximum atomic E-state index is 13.3. The molecule has 0 aromatic heterocycles. The Morgan fingerprint density at radius 2 is 2.25 bits per heavy atom. The SMILES string of the molecule is CCCC1CCNc2cc(F)c(Cl)cc2N1. The van der Waals surface area contributed by atoms with Crippen molar-refractivity contribution >= 4 is 23.0 Å². The first-order valence-corrected chi connectivity index (χ1v) is 6.08. The predicted octanol–water partition coefficient (Wildman–Crippen LogP) is 3.88. The van der Waals surface area contributed by atoms with Crippen molar-refractivity contribution in [2.75, 3.05) is 17.2 Å². The summed E-state index contributed by atoms with van der Waals surface area (Å²) >= 11 is 5.78. The zero-order valence-corrected chi connectivity index (χ0v) is 10.1. The Morgan fingerprint density at radius 3 is 3.00 bits per heavy atom. The van der Waals surface area contributed by atoms with Gasteiger partial charge in [-0.1, -0.05) is 24.9 Å². The molecule has 2 nitrogen and oxygen atoms in total. The molecular formula is C12H16ClFN2. The van der Waals surface area contributed by atoms with E-state index >= 15 is 0 Å². The van der Waals surface area contributed by atoms with Gasteiger partial charge in [-0.3, -0.25) is 0 Å². The number of hydrogen-bond donors (Lipinski definition) is 2. The second-order valence-corrected chi connectivity index (χ2v) is 4.56. The number of benzene rings is 1. The topological polar surface area (TPSA) is 24.1 Å². The summed E-state index contributed by atoms with van der Waals surface area (Å²) in [6, 6.07) is 3.56. The molecule has 0 radical (unpaired) electrons. The minimum absolute atomic E-state index is 0.171. The fourth-order valence-corrected chi connectivity index (χ4v) is 2.21. The van der Waals surface area contributed by atoms with Crippen LogP contribution in [-0.4, -0.2) is 12.6 Å². The van der Waals surface area contributed by atoms with Crippen LogP contribution in [0.15, 0.2) is 12.1 Å². The molecule has 1 aliphatic rings. The third-order valence-electron chi connectivity index (χ3n) is 2.87. The lowest BCUT2D eigenvalue weighted by Gasteiger charge is -2.16. The summed E-state index contributed by atoms with van der Waals surface area (Å²) in [5.41, 5.74) is 1.71. The molecule has 0 saturated heterocycles. The Balaban J connectivity index is 2.25. The predicted molar refractivity (Wildman–Crippen MR) is 66.8 cm³/mol. The molecule has 1 aromatic rings. The second-order valence-electron chi connectivity index (χ2n) is 4.16. The monoisotopic (exact) mass is 242 g/mol. The van der Waals surface area contributed by atoms with Crippen molar-refractivity contribution in [3.63, 3.8) is 0 Å². The highest BCUT2D eigenvalue weighted by Gasteiger charge is 2.16. The maximum absolute atomic E-state index is 13.3. The summed E-state index contributed by atoms with van der Waals surface area (Å²) in [5, 5.41) is 6.81. The summed E-state index contributed by atoms with van der Waals surface area (Å²) in [4.78, 5) is 0. The van der Waals surface area contributed by atoms with Crippen molar-refractivity contribution < 1.29 is 4.39 Å². The molecule has 1 unspecified atom stereocenters. The molecule has 0 bridgehead atoms. The second kappa shape index (κ2) is 4.91. The van der Waals surface area contributed by atoms with E-state index in [1.807, 2.05) is 0 Å². The standard InChI is InChI=1S/C12H16ClFN2/c1-2-3-8-4-5-15-11-7-10(14)9(13)6-12(11)16-8/h6-8,15-16H,2-5H2,1H3. The van der Waals surface area contributed by atoms with Crippen LogP contribution in [-0.2, 0) is 0 Å². The summed E-state index contributed by atoms with van der Waals surface area (Å²) < 4.78 is 13.3. The average Bonchev–Trinajstić information content (AvgIpc) is 2.42. The van der Waals surface area contributed by atoms with Crippen molar-refractivity contribution in [3.05, 3.63) is 23.0 Å². The van der Waals surface area contributed by atoms with Crippen molar-refractivity contribution in [2.45, 2.75) is 32.2 Å². The molecule has 88 valence electrons. The van der Waals surface area contributed by atoms with Gasteiger partial charge >= 0.3 is 0 Å². The van der Waals surface area contributed by atoms with Gasteiger partial charge in [0.1, 0.15) is 5.82 Å². The van der Waals surface area contributed by atoms with Gasteiger partial charge < -0.3 is 10.6 Å². The summed E-state index contributed by atoms with van der Waals surface area (Å²) in [6.07, 6.45) is 3.31. The molecule has 16 heavy (non-hydrogen) atoms. The quantitative estimate of drug-likeness (QED) is 0.823. The van der Waals surface area contributed by atoms with E-state index < -0.39 is 0 Å². The molecule has 1 heterocycles. The van der Waals surface area contributed by atoms with Gasteiger partial charge in [-0.15, -0.1) is 0 Å². The third-order valence-corrected chi connectivity index (χ3v) is 3.16. The van der Waals surface area contributed by atoms with Gasteiger partial charge in [-0.25, -0.2) is 4.39 Å². The van der Waals surface area contributed by atoms with Gasteiger partial charge in [0.15, 0.2) is 0 Å². The number of rotatable bonds is 2. The van der Waals surface area contributed by atoms with Crippen LogP contribution in [0, 0.1) is 5.82 Å². The summed E-state index contributed by atoms with van der Waals surface area (Å²) in [6.45, 7) is 3.03.